The van der Waals surface area contributed by atoms with Crippen molar-refractivity contribution < 1.29 is 14.1 Å². The maximum absolute atomic E-state index is 12.7. The van der Waals surface area contributed by atoms with Crippen LogP contribution in [0.5, 0.6) is 5.75 Å². The second kappa shape index (κ2) is 10.4. The van der Waals surface area contributed by atoms with Crippen LogP contribution < -0.4 is 10.5 Å². The lowest BCUT2D eigenvalue weighted by atomic mass is 10.0. The van der Waals surface area contributed by atoms with Gasteiger partial charge in [-0.15, -0.1) is 0 Å². The Labute approximate surface area is 225 Å². The molecule has 1 atom stereocenters. The number of guanidine groups is 1. The molecular formula is C31H27N5O3. The van der Waals surface area contributed by atoms with E-state index >= 15 is 0 Å². The average Bonchev–Trinajstić information content (AvgIpc) is 3.66. The van der Waals surface area contributed by atoms with Crippen molar-refractivity contribution in [3.63, 3.8) is 0 Å². The molecule has 2 heterocycles. The van der Waals surface area contributed by atoms with Crippen LogP contribution >= 0.6 is 0 Å². The van der Waals surface area contributed by atoms with Gasteiger partial charge in [0, 0.05) is 17.7 Å². The van der Waals surface area contributed by atoms with E-state index in [0.717, 1.165) is 40.3 Å². The highest BCUT2D eigenvalue weighted by Crippen LogP contribution is 2.32. The van der Waals surface area contributed by atoms with Crippen molar-refractivity contribution in [2.75, 3.05) is 13.2 Å². The van der Waals surface area contributed by atoms with Gasteiger partial charge in [0.05, 0.1) is 0 Å². The minimum Gasteiger partial charge on any atom is -0.485 e. The summed E-state index contributed by atoms with van der Waals surface area (Å²) in [4.78, 5) is 19.1. The highest BCUT2D eigenvalue weighted by molar-refractivity contribution is 5.97. The molecule has 0 radical (unpaired) electrons. The van der Waals surface area contributed by atoms with Gasteiger partial charge in [-0.05, 0) is 52.9 Å². The van der Waals surface area contributed by atoms with Crippen LogP contribution in [0.2, 0.25) is 0 Å². The van der Waals surface area contributed by atoms with Crippen LogP contribution in [-0.2, 0) is 0 Å². The summed E-state index contributed by atoms with van der Waals surface area (Å²) >= 11 is 0. The maximum Gasteiger partial charge on any atom is 0.249 e. The van der Waals surface area contributed by atoms with E-state index in [1.165, 1.54) is 0 Å². The quantitative estimate of drug-likeness (QED) is 0.158. The largest absolute Gasteiger partial charge is 0.485 e. The van der Waals surface area contributed by atoms with E-state index in [9.17, 15) is 4.79 Å². The Morgan fingerprint density at radius 3 is 2.46 bits per heavy atom. The fraction of sp³-hybridized carbons (Fsp3) is 0.161. The van der Waals surface area contributed by atoms with E-state index < -0.39 is 0 Å². The second-order valence-electron chi connectivity index (χ2n) is 9.57. The van der Waals surface area contributed by atoms with Crippen molar-refractivity contribution in [2.24, 2.45) is 5.73 Å². The van der Waals surface area contributed by atoms with Crippen LogP contribution in [0.1, 0.15) is 35.1 Å². The molecule has 0 saturated carbocycles. The minimum atomic E-state index is -0.159. The third-order valence-corrected chi connectivity index (χ3v) is 7.04. The van der Waals surface area contributed by atoms with Gasteiger partial charge in [0.2, 0.25) is 11.7 Å². The fourth-order valence-corrected chi connectivity index (χ4v) is 4.96. The minimum absolute atomic E-state index is 0.0173. The van der Waals surface area contributed by atoms with E-state index in [1.54, 1.807) is 4.90 Å². The molecule has 0 bridgehead atoms. The van der Waals surface area contributed by atoms with Crippen molar-refractivity contribution in [1.29, 1.82) is 5.41 Å². The molecule has 1 fully saturated rings. The van der Waals surface area contributed by atoms with E-state index in [0.29, 0.717) is 29.6 Å². The Bertz CT molecular complexity index is 1650. The zero-order valence-electron chi connectivity index (χ0n) is 21.2. The molecule has 8 nitrogen and oxygen atoms in total. The highest BCUT2D eigenvalue weighted by atomic mass is 16.5. The monoisotopic (exact) mass is 517 g/mol. The topological polar surface area (TPSA) is 118 Å². The van der Waals surface area contributed by atoms with Crippen LogP contribution in [0.4, 0.5) is 0 Å². The first-order valence-corrected chi connectivity index (χ1v) is 12.8. The molecule has 5 aromatic rings. The molecular weight excluding hydrogens is 490 g/mol. The summed E-state index contributed by atoms with van der Waals surface area (Å²) in [6.07, 6.45) is 1.75. The molecule has 1 aliphatic heterocycles. The highest BCUT2D eigenvalue weighted by Gasteiger charge is 2.31. The van der Waals surface area contributed by atoms with E-state index in [2.05, 4.69) is 10.1 Å². The number of hydrogen-bond donors (Lipinski definition) is 2. The van der Waals surface area contributed by atoms with Gasteiger partial charge in [-0.2, -0.15) is 4.98 Å². The summed E-state index contributed by atoms with van der Waals surface area (Å²) in [6.45, 7) is 0.669. The van der Waals surface area contributed by atoms with E-state index in [-0.39, 0.29) is 24.4 Å². The van der Waals surface area contributed by atoms with Gasteiger partial charge in [-0.25, -0.2) is 0 Å². The molecule has 39 heavy (non-hydrogen) atoms. The normalized spacial score (nSPS) is 15.0. The van der Waals surface area contributed by atoms with Gasteiger partial charge in [-0.1, -0.05) is 78.0 Å². The number of likely N-dealkylation sites (tertiary alicyclic amines) is 1. The third kappa shape index (κ3) is 5.09. The molecule has 194 valence electrons. The number of ketones is 1. The summed E-state index contributed by atoms with van der Waals surface area (Å²) in [5.74, 6) is 1.52. The number of nitrogens with zero attached hydrogens (tertiary/aromatic N) is 3. The molecule has 0 unspecified atom stereocenters. The first kappa shape index (κ1) is 24.4. The SMILES string of the molecule is N=C(N)N1CCC[C@H]1c1nc(-c2ccc3cc(OCC(=O)c4ccc(-c5ccccc5)cc4)ccc3c2)no1. The Morgan fingerprint density at radius 2 is 1.67 bits per heavy atom. The third-order valence-electron chi connectivity index (χ3n) is 7.04. The molecule has 1 aliphatic rings. The number of fused-ring (bicyclic) bond motifs is 1. The number of carbonyl (C=O) groups is 1. The first-order valence-electron chi connectivity index (χ1n) is 12.8. The molecule has 4 aromatic carbocycles. The summed E-state index contributed by atoms with van der Waals surface area (Å²) < 4.78 is 11.4. The van der Waals surface area contributed by atoms with E-state index in [1.807, 2.05) is 91.0 Å². The Kier molecular flexibility index (Phi) is 6.50. The zero-order valence-corrected chi connectivity index (χ0v) is 21.2. The number of nitrogens with one attached hydrogen (secondary N) is 1. The average molecular weight is 518 g/mol. The molecule has 0 amide bonds. The molecule has 1 aromatic heterocycles. The smallest absolute Gasteiger partial charge is 0.249 e. The Hall–Kier alpha value is -4.98. The van der Waals surface area contributed by atoms with Gasteiger partial charge >= 0.3 is 0 Å². The van der Waals surface area contributed by atoms with Gasteiger partial charge in [0.25, 0.3) is 0 Å². The lowest BCUT2D eigenvalue weighted by Gasteiger charge is -2.21. The predicted octanol–water partition coefficient (Wildman–Crippen LogP) is 5.85. The first-order chi connectivity index (χ1) is 19.0. The van der Waals surface area contributed by atoms with Gasteiger partial charge in [0.15, 0.2) is 18.3 Å². The lowest BCUT2D eigenvalue weighted by molar-refractivity contribution is 0.0921. The lowest BCUT2D eigenvalue weighted by Crippen LogP contribution is -2.35. The van der Waals surface area contributed by atoms with Gasteiger partial charge < -0.3 is 19.9 Å². The van der Waals surface area contributed by atoms with Crippen LogP contribution in [0, 0.1) is 5.41 Å². The Balaban J connectivity index is 1.12. The number of ether oxygens (including phenoxy) is 1. The second-order valence-corrected chi connectivity index (χ2v) is 9.57. The Morgan fingerprint density at radius 1 is 0.949 bits per heavy atom. The zero-order chi connectivity index (χ0) is 26.8. The van der Waals surface area contributed by atoms with Crippen LogP contribution in [0.15, 0.2) is 95.5 Å². The molecule has 3 N–H and O–H groups in total. The van der Waals surface area contributed by atoms with Crippen LogP contribution in [-0.4, -0.2) is 39.9 Å². The molecule has 8 heteroatoms. The number of hydrogen-bond acceptors (Lipinski definition) is 6. The molecule has 0 spiro atoms. The number of nitrogens with two attached hydrogens (primary N) is 1. The molecule has 0 aliphatic carbocycles. The fourth-order valence-electron chi connectivity index (χ4n) is 4.96. The van der Waals surface area contributed by atoms with Crippen molar-refractivity contribution in [1.82, 2.24) is 15.0 Å². The van der Waals surface area contributed by atoms with Crippen LogP contribution in [0.25, 0.3) is 33.3 Å². The number of aromatic nitrogens is 2. The number of Topliss-reactive ketones (excluding diaryl/α,β-unsaturated/α-hetero) is 1. The number of rotatable bonds is 7. The summed E-state index contributed by atoms with van der Waals surface area (Å²) in [6, 6.07) is 29.1. The molecule has 6 rings (SSSR count). The van der Waals surface area contributed by atoms with E-state index in [4.69, 9.17) is 20.4 Å². The van der Waals surface area contributed by atoms with Crippen molar-refractivity contribution >= 4 is 22.5 Å². The maximum atomic E-state index is 12.7. The molecule has 1 saturated heterocycles. The van der Waals surface area contributed by atoms with Crippen molar-refractivity contribution in [2.45, 2.75) is 18.9 Å². The number of carbonyl (C=O) groups excluding carboxylic acids is 1. The van der Waals surface area contributed by atoms with Crippen molar-refractivity contribution in [3.8, 4) is 28.3 Å². The summed E-state index contributed by atoms with van der Waals surface area (Å²) in [5, 5.41) is 13.9. The number of benzene rings is 4. The van der Waals surface area contributed by atoms with Gasteiger partial charge in [-0.3, -0.25) is 10.2 Å². The summed E-state index contributed by atoms with van der Waals surface area (Å²) in [5.41, 5.74) is 9.32. The van der Waals surface area contributed by atoms with Crippen molar-refractivity contribution in [3.05, 3.63) is 102 Å². The van der Waals surface area contributed by atoms with Gasteiger partial charge in [0.1, 0.15) is 11.8 Å². The standard InChI is InChI=1S/C31H27N5O3/c32-31(33)36-16-4-7-27(36)30-34-29(35-39-30)25-13-12-24-18-26(15-14-23(24)17-25)38-19-28(37)22-10-8-21(9-11-22)20-5-2-1-3-6-20/h1-3,5-6,8-15,17-18,27H,4,7,16,19H2,(H3,32,33)/t27-/m0/s1. The summed E-state index contributed by atoms with van der Waals surface area (Å²) in [7, 11) is 0. The van der Waals surface area contributed by atoms with Crippen LogP contribution in [0.3, 0.4) is 0 Å². The predicted molar refractivity (Wildman–Crippen MR) is 150 cm³/mol.